The first kappa shape index (κ1) is 16.6. The first-order valence-corrected chi connectivity index (χ1v) is 8.09. The van der Waals surface area contributed by atoms with E-state index in [1.807, 2.05) is 30.5 Å². The van der Waals surface area contributed by atoms with Gasteiger partial charge in [-0.1, -0.05) is 29.4 Å². The smallest absolute Gasteiger partial charge is 0.227 e. The summed E-state index contributed by atoms with van der Waals surface area (Å²) in [5.41, 5.74) is 6.21. The van der Waals surface area contributed by atoms with E-state index in [2.05, 4.69) is 10.2 Å². The van der Waals surface area contributed by atoms with Crippen molar-refractivity contribution in [1.82, 2.24) is 14.8 Å². The SMILES string of the molecule is CCn1c(COc2cc(C)ccc2Cl)nnc1SCC(N)=O. The minimum atomic E-state index is -0.389. The number of ether oxygens (including phenoxy) is 1. The van der Waals surface area contributed by atoms with Gasteiger partial charge in [0.2, 0.25) is 5.91 Å². The van der Waals surface area contributed by atoms with E-state index in [9.17, 15) is 4.79 Å². The molecule has 22 heavy (non-hydrogen) atoms. The van der Waals surface area contributed by atoms with Gasteiger partial charge >= 0.3 is 0 Å². The highest BCUT2D eigenvalue weighted by molar-refractivity contribution is 7.99. The Labute approximate surface area is 138 Å². The highest BCUT2D eigenvalue weighted by Crippen LogP contribution is 2.26. The Bertz CT molecular complexity index is 675. The van der Waals surface area contributed by atoms with Crippen molar-refractivity contribution in [3.05, 3.63) is 34.6 Å². The Morgan fingerprint density at radius 3 is 2.91 bits per heavy atom. The second-order valence-corrected chi connectivity index (χ2v) is 5.97. The molecule has 0 spiro atoms. The van der Waals surface area contributed by atoms with Crippen LogP contribution in [0.25, 0.3) is 0 Å². The molecule has 2 N–H and O–H groups in total. The van der Waals surface area contributed by atoms with Gasteiger partial charge in [-0.25, -0.2) is 0 Å². The van der Waals surface area contributed by atoms with Gasteiger partial charge in [-0.3, -0.25) is 4.79 Å². The molecule has 0 aliphatic heterocycles. The summed E-state index contributed by atoms with van der Waals surface area (Å²) < 4.78 is 7.62. The summed E-state index contributed by atoms with van der Waals surface area (Å²) in [7, 11) is 0. The molecular formula is C14H17ClN4O2S. The molecule has 1 aromatic carbocycles. The Hall–Kier alpha value is -1.73. The van der Waals surface area contributed by atoms with E-state index in [1.54, 1.807) is 6.07 Å². The minimum absolute atomic E-state index is 0.169. The number of hydrogen-bond donors (Lipinski definition) is 1. The Kier molecular flexibility index (Phi) is 5.68. The monoisotopic (exact) mass is 340 g/mol. The number of thioether (sulfide) groups is 1. The molecule has 0 radical (unpaired) electrons. The van der Waals surface area contributed by atoms with E-state index in [1.165, 1.54) is 11.8 Å². The van der Waals surface area contributed by atoms with Gasteiger partial charge in [0.25, 0.3) is 0 Å². The molecule has 0 aliphatic carbocycles. The van der Waals surface area contributed by atoms with Crippen LogP contribution in [0.5, 0.6) is 5.75 Å². The molecule has 0 fully saturated rings. The quantitative estimate of drug-likeness (QED) is 0.782. The van der Waals surface area contributed by atoms with Crippen molar-refractivity contribution in [2.45, 2.75) is 32.2 Å². The zero-order chi connectivity index (χ0) is 16.1. The highest BCUT2D eigenvalue weighted by Gasteiger charge is 2.13. The third-order valence-corrected chi connectivity index (χ3v) is 4.20. The summed E-state index contributed by atoms with van der Waals surface area (Å²) in [5, 5.41) is 9.37. The predicted molar refractivity (Wildman–Crippen MR) is 86.1 cm³/mol. The normalized spacial score (nSPS) is 10.7. The van der Waals surface area contributed by atoms with Crippen LogP contribution in [0.3, 0.4) is 0 Å². The summed E-state index contributed by atoms with van der Waals surface area (Å²) in [4.78, 5) is 10.9. The molecule has 0 saturated heterocycles. The van der Waals surface area contributed by atoms with Crippen LogP contribution in [0.15, 0.2) is 23.4 Å². The Morgan fingerprint density at radius 2 is 2.23 bits per heavy atom. The number of carbonyl (C=O) groups excluding carboxylic acids is 1. The summed E-state index contributed by atoms with van der Waals surface area (Å²) in [6.45, 7) is 4.87. The molecule has 2 aromatic rings. The van der Waals surface area contributed by atoms with Crippen LogP contribution in [-0.2, 0) is 17.9 Å². The number of nitrogens with two attached hydrogens (primary N) is 1. The number of rotatable bonds is 7. The summed E-state index contributed by atoms with van der Waals surface area (Å²) in [6.07, 6.45) is 0. The summed E-state index contributed by atoms with van der Waals surface area (Å²) in [6, 6.07) is 5.59. The van der Waals surface area contributed by atoms with Crippen molar-refractivity contribution >= 4 is 29.3 Å². The number of hydrogen-bond acceptors (Lipinski definition) is 5. The van der Waals surface area contributed by atoms with E-state index in [-0.39, 0.29) is 18.3 Å². The lowest BCUT2D eigenvalue weighted by atomic mass is 10.2. The fraction of sp³-hybridized carbons (Fsp3) is 0.357. The second kappa shape index (κ2) is 7.51. The van der Waals surface area contributed by atoms with Crippen LogP contribution in [-0.4, -0.2) is 26.4 Å². The van der Waals surface area contributed by atoms with Gasteiger partial charge < -0.3 is 15.0 Å². The number of nitrogens with zero attached hydrogens (tertiary/aromatic N) is 3. The first-order valence-electron chi connectivity index (χ1n) is 6.73. The van der Waals surface area contributed by atoms with Gasteiger partial charge in [0, 0.05) is 6.54 Å². The van der Waals surface area contributed by atoms with Crippen molar-refractivity contribution in [2.24, 2.45) is 5.73 Å². The number of aryl methyl sites for hydroxylation is 1. The highest BCUT2D eigenvalue weighted by atomic mass is 35.5. The fourth-order valence-electron chi connectivity index (χ4n) is 1.85. The van der Waals surface area contributed by atoms with Crippen molar-refractivity contribution in [3.63, 3.8) is 0 Å². The lowest BCUT2D eigenvalue weighted by Gasteiger charge is -2.10. The molecule has 0 saturated carbocycles. The van der Waals surface area contributed by atoms with E-state index in [4.69, 9.17) is 22.1 Å². The number of carbonyl (C=O) groups is 1. The lowest BCUT2D eigenvalue weighted by Crippen LogP contribution is -2.14. The maximum Gasteiger partial charge on any atom is 0.227 e. The molecule has 2 rings (SSSR count). The van der Waals surface area contributed by atoms with Crippen LogP contribution in [0, 0.1) is 6.92 Å². The summed E-state index contributed by atoms with van der Waals surface area (Å²) in [5.74, 6) is 1.06. The van der Waals surface area contributed by atoms with Crippen molar-refractivity contribution < 1.29 is 9.53 Å². The van der Waals surface area contributed by atoms with Gasteiger partial charge in [0.1, 0.15) is 12.4 Å². The fourth-order valence-corrected chi connectivity index (χ4v) is 2.78. The molecule has 8 heteroatoms. The maximum absolute atomic E-state index is 10.9. The Balaban J connectivity index is 2.09. The topological polar surface area (TPSA) is 83.0 Å². The number of aromatic nitrogens is 3. The molecule has 6 nitrogen and oxygen atoms in total. The molecule has 0 aliphatic rings. The molecule has 0 unspecified atom stereocenters. The lowest BCUT2D eigenvalue weighted by molar-refractivity contribution is -0.115. The largest absolute Gasteiger partial charge is 0.484 e. The molecule has 1 heterocycles. The average molecular weight is 341 g/mol. The molecule has 0 bridgehead atoms. The average Bonchev–Trinajstić information content (AvgIpc) is 2.88. The number of primary amides is 1. The third-order valence-electron chi connectivity index (χ3n) is 2.90. The number of halogens is 1. The third kappa shape index (κ3) is 4.14. The van der Waals surface area contributed by atoms with Gasteiger partial charge in [-0.2, -0.15) is 0 Å². The van der Waals surface area contributed by atoms with Crippen molar-refractivity contribution in [1.29, 1.82) is 0 Å². The zero-order valence-electron chi connectivity index (χ0n) is 12.4. The number of amides is 1. The molecule has 118 valence electrons. The second-order valence-electron chi connectivity index (χ2n) is 4.62. The predicted octanol–water partition coefficient (Wildman–Crippen LogP) is 2.42. The van der Waals surface area contributed by atoms with Crippen LogP contribution in [0.2, 0.25) is 5.02 Å². The van der Waals surface area contributed by atoms with E-state index in [0.29, 0.717) is 28.3 Å². The maximum atomic E-state index is 10.9. The van der Waals surface area contributed by atoms with E-state index >= 15 is 0 Å². The van der Waals surface area contributed by atoms with Gasteiger partial charge in [0.15, 0.2) is 11.0 Å². The number of benzene rings is 1. The van der Waals surface area contributed by atoms with Gasteiger partial charge in [-0.15, -0.1) is 10.2 Å². The van der Waals surface area contributed by atoms with E-state index < -0.39 is 0 Å². The standard InChI is InChI=1S/C14H17ClN4O2S/c1-3-19-13(17-18-14(19)22-8-12(16)20)7-21-11-6-9(2)4-5-10(11)15/h4-6H,3,7-8H2,1-2H3,(H2,16,20). The van der Waals surface area contributed by atoms with Crippen molar-refractivity contribution in [2.75, 3.05) is 5.75 Å². The molecule has 1 aromatic heterocycles. The van der Waals surface area contributed by atoms with Crippen LogP contribution in [0.4, 0.5) is 0 Å². The van der Waals surface area contributed by atoms with Crippen LogP contribution < -0.4 is 10.5 Å². The molecule has 0 atom stereocenters. The first-order chi connectivity index (χ1) is 10.5. The summed E-state index contributed by atoms with van der Waals surface area (Å²) >= 11 is 7.36. The zero-order valence-corrected chi connectivity index (χ0v) is 13.9. The van der Waals surface area contributed by atoms with Crippen LogP contribution >= 0.6 is 23.4 Å². The van der Waals surface area contributed by atoms with Crippen molar-refractivity contribution in [3.8, 4) is 5.75 Å². The van der Waals surface area contributed by atoms with Crippen LogP contribution in [0.1, 0.15) is 18.3 Å². The molecule has 1 amide bonds. The molecular weight excluding hydrogens is 324 g/mol. The van der Waals surface area contributed by atoms with Gasteiger partial charge in [0.05, 0.1) is 10.8 Å². The van der Waals surface area contributed by atoms with Gasteiger partial charge in [-0.05, 0) is 31.5 Å². The van der Waals surface area contributed by atoms with E-state index in [0.717, 1.165) is 5.56 Å². The Morgan fingerprint density at radius 1 is 1.45 bits per heavy atom. The minimum Gasteiger partial charge on any atom is -0.484 e.